The lowest BCUT2D eigenvalue weighted by atomic mass is 9.82. The Labute approximate surface area is 245 Å². The van der Waals surface area contributed by atoms with Gasteiger partial charge in [-0.1, -0.05) is 59.3 Å². The number of aliphatic hydroxyl groups is 1. The molecule has 1 N–H and O–H groups in total. The fourth-order valence-electron chi connectivity index (χ4n) is 5.59. The quantitative estimate of drug-likeness (QED) is 0.244. The molecule has 3 aromatic rings. The van der Waals surface area contributed by atoms with E-state index in [9.17, 15) is 14.7 Å². The Balaban J connectivity index is 1.28. The second-order valence-electron chi connectivity index (χ2n) is 11.1. The number of esters is 1. The van der Waals surface area contributed by atoms with E-state index in [2.05, 4.69) is 22.4 Å². The molecule has 6 atom stereocenters. The molecule has 2 fully saturated rings. The molecule has 11 heteroatoms. The van der Waals surface area contributed by atoms with Crippen molar-refractivity contribution in [2.75, 3.05) is 20.3 Å². The van der Waals surface area contributed by atoms with Crippen LogP contribution in [0, 0.1) is 12.8 Å². The Morgan fingerprint density at radius 3 is 2.52 bits per heavy atom. The van der Waals surface area contributed by atoms with Crippen molar-refractivity contribution in [3.05, 3.63) is 82.7 Å². The molecule has 0 radical (unpaired) electrons. The van der Waals surface area contributed by atoms with Crippen LogP contribution in [0.2, 0.25) is 0 Å². The van der Waals surface area contributed by atoms with Crippen LogP contribution in [0.5, 0.6) is 0 Å². The van der Waals surface area contributed by atoms with Gasteiger partial charge in [0.1, 0.15) is 23.9 Å². The Morgan fingerprint density at radius 2 is 1.86 bits per heavy atom. The van der Waals surface area contributed by atoms with Crippen molar-refractivity contribution in [1.82, 2.24) is 19.9 Å². The number of likely N-dealkylation sites (tertiary alicyclic amines) is 1. The van der Waals surface area contributed by atoms with Gasteiger partial charge >= 0.3 is 5.97 Å². The molecule has 42 heavy (non-hydrogen) atoms. The molecule has 1 amide bonds. The summed E-state index contributed by atoms with van der Waals surface area (Å²) >= 11 is 0. The summed E-state index contributed by atoms with van der Waals surface area (Å²) in [5, 5.41) is 22.3. The largest absolute Gasteiger partial charge is 0.467 e. The lowest BCUT2D eigenvalue weighted by Gasteiger charge is -2.44. The standard InChI is InChI=1S/C31H37N5O6/c1-19-5-10-23(11-6-19)29-20(2)7-14-26(31(39)40-4)36(29)30(38)24-12-8-22(9-13-24)15-32-42-21(3)25-16-35(34-33-25)27-17-41-18-28(27)37/h5-6,8-13,15-16,20-21,26-29,37H,7,14,17-18H2,1-4H3/b32-15-/t20-,21+,26-,27+,28+,29-/m0/s1. The van der Waals surface area contributed by atoms with E-state index in [1.165, 1.54) is 7.11 Å². The monoisotopic (exact) mass is 575 g/mol. The Morgan fingerprint density at radius 1 is 1.12 bits per heavy atom. The van der Waals surface area contributed by atoms with Gasteiger partial charge in [-0.05, 0) is 55.9 Å². The van der Waals surface area contributed by atoms with Crippen molar-refractivity contribution in [2.24, 2.45) is 11.1 Å². The third-order valence-corrected chi connectivity index (χ3v) is 8.08. The molecule has 5 rings (SSSR count). The number of hydrogen-bond acceptors (Lipinski definition) is 9. The first-order valence-corrected chi connectivity index (χ1v) is 14.2. The van der Waals surface area contributed by atoms with E-state index in [-0.39, 0.29) is 30.5 Å². The summed E-state index contributed by atoms with van der Waals surface area (Å²) in [5.41, 5.74) is 3.91. The molecule has 2 aromatic carbocycles. The minimum Gasteiger partial charge on any atom is -0.467 e. The van der Waals surface area contributed by atoms with Gasteiger partial charge in [0.25, 0.3) is 5.91 Å². The third kappa shape index (κ3) is 6.22. The predicted octanol–water partition coefficient (Wildman–Crippen LogP) is 3.79. The minimum atomic E-state index is -0.663. The number of amides is 1. The first-order valence-electron chi connectivity index (χ1n) is 14.2. The van der Waals surface area contributed by atoms with Crippen LogP contribution in [0.1, 0.15) is 77.6 Å². The lowest BCUT2D eigenvalue weighted by Crippen LogP contribution is -2.52. The van der Waals surface area contributed by atoms with Gasteiger partial charge < -0.3 is 24.3 Å². The van der Waals surface area contributed by atoms with Crippen LogP contribution in [-0.2, 0) is 19.1 Å². The highest BCUT2D eigenvalue weighted by atomic mass is 16.6. The van der Waals surface area contributed by atoms with Crippen molar-refractivity contribution in [3.63, 3.8) is 0 Å². The summed E-state index contributed by atoms with van der Waals surface area (Å²) in [6.07, 6.45) is 3.54. The number of aromatic nitrogens is 3. The highest BCUT2D eigenvalue weighted by Gasteiger charge is 2.43. The molecular formula is C31H37N5O6. The lowest BCUT2D eigenvalue weighted by molar-refractivity contribution is -0.149. The first kappa shape index (κ1) is 29.4. The van der Waals surface area contributed by atoms with Crippen molar-refractivity contribution in [2.45, 2.75) is 63.9 Å². The summed E-state index contributed by atoms with van der Waals surface area (Å²) in [5.74, 6) is -0.465. The number of nitrogens with zero attached hydrogens (tertiary/aromatic N) is 5. The van der Waals surface area contributed by atoms with Crippen LogP contribution in [0.4, 0.5) is 0 Å². The SMILES string of the molecule is COC(=O)[C@@H]1CC[C@H](C)[C@@H](c2ccc(C)cc2)N1C(=O)c1ccc(/C=N\O[C@H](C)c2cn([C@@H]3COC[C@H]3O)nn2)cc1. The number of carbonyl (C=O) groups excluding carboxylic acids is 2. The summed E-state index contributed by atoms with van der Waals surface area (Å²) < 4.78 is 12.0. The number of piperidine rings is 1. The average molecular weight is 576 g/mol. The van der Waals surface area contributed by atoms with Gasteiger partial charge in [0.2, 0.25) is 0 Å². The third-order valence-electron chi connectivity index (χ3n) is 8.08. The van der Waals surface area contributed by atoms with E-state index < -0.39 is 24.2 Å². The summed E-state index contributed by atoms with van der Waals surface area (Å²) in [6.45, 7) is 6.59. The number of rotatable bonds is 8. The number of methoxy groups -OCH3 is 1. The van der Waals surface area contributed by atoms with Crippen LogP contribution in [-0.4, -0.2) is 75.6 Å². The summed E-state index contributed by atoms with van der Waals surface area (Å²) in [4.78, 5) is 34.0. The number of aliphatic hydroxyl groups excluding tert-OH is 1. The Kier molecular flexibility index (Phi) is 8.98. The van der Waals surface area contributed by atoms with Crippen LogP contribution < -0.4 is 0 Å². The maximum Gasteiger partial charge on any atom is 0.328 e. The summed E-state index contributed by atoms with van der Waals surface area (Å²) in [6, 6.07) is 14.0. The number of aryl methyl sites for hydroxylation is 1. The molecule has 0 saturated carbocycles. The number of benzene rings is 2. The Bertz CT molecular complexity index is 1410. The van der Waals surface area contributed by atoms with E-state index in [0.717, 1.165) is 23.1 Å². The molecule has 0 bridgehead atoms. The number of oxime groups is 1. The van der Waals surface area contributed by atoms with E-state index in [4.69, 9.17) is 14.3 Å². The molecule has 0 unspecified atom stereocenters. The van der Waals surface area contributed by atoms with E-state index in [0.29, 0.717) is 24.3 Å². The zero-order valence-corrected chi connectivity index (χ0v) is 24.3. The second-order valence-corrected chi connectivity index (χ2v) is 11.1. The highest BCUT2D eigenvalue weighted by Crippen LogP contribution is 2.40. The van der Waals surface area contributed by atoms with E-state index in [1.807, 2.05) is 31.2 Å². The number of hydrogen-bond donors (Lipinski definition) is 1. The van der Waals surface area contributed by atoms with Crippen LogP contribution in [0.15, 0.2) is 59.9 Å². The zero-order chi connectivity index (χ0) is 29.8. The van der Waals surface area contributed by atoms with Gasteiger partial charge in [-0.2, -0.15) is 0 Å². The normalized spacial score (nSPS) is 25.0. The Hall–Kier alpha value is -4.09. The minimum absolute atomic E-state index is 0.168. The van der Waals surface area contributed by atoms with Gasteiger partial charge in [-0.25, -0.2) is 9.48 Å². The summed E-state index contributed by atoms with van der Waals surface area (Å²) in [7, 11) is 1.36. The first-order chi connectivity index (χ1) is 20.3. The van der Waals surface area contributed by atoms with Crippen molar-refractivity contribution >= 4 is 18.1 Å². The highest BCUT2D eigenvalue weighted by molar-refractivity contribution is 5.98. The molecule has 2 saturated heterocycles. The molecule has 0 spiro atoms. The molecule has 2 aliphatic heterocycles. The van der Waals surface area contributed by atoms with Gasteiger partial charge in [0.05, 0.1) is 38.8 Å². The topological polar surface area (TPSA) is 128 Å². The van der Waals surface area contributed by atoms with Crippen molar-refractivity contribution in [1.29, 1.82) is 0 Å². The molecule has 0 aliphatic carbocycles. The number of carbonyl (C=O) groups is 2. The molecule has 3 heterocycles. The van der Waals surface area contributed by atoms with Gasteiger partial charge in [-0.15, -0.1) is 5.10 Å². The molecule has 222 valence electrons. The van der Waals surface area contributed by atoms with Crippen LogP contribution in [0.25, 0.3) is 0 Å². The van der Waals surface area contributed by atoms with Crippen molar-refractivity contribution in [3.8, 4) is 0 Å². The van der Waals surface area contributed by atoms with E-state index in [1.54, 1.807) is 53.2 Å². The fourth-order valence-corrected chi connectivity index (χ4v) is 5.59. The van der Waals surface area contributed by atoms with Crippen LogP contribution in [0.3, 0.4) is 0 Å². The van der Waals surface area contributed by atoms with Crippen LogP contribution >= 0.6 is 0 Å². The molecular weight excluding hydrogens is 538 g/mol. The fraction of sp³-hybridized carbons (Fsp3) is 0.452. The smallest absolute Gasteiger partial charge is 0.328 e. The van der Waals surface area contributed by atoms with E-state index >= 15 is 0 Å². The average Bonchev–Trinajstić information content (AvgIpc) is 3.66. The molecule has 1 aromatic heterocycles. The maximum atomic E-state index is 13.9. The van der Waals surface area contributed by atoms with Gasteiger partial charge in [0, 0.05) is 5.56 Å². The predicted molar refractivity (Wildman–Crippen MR) is 154 cm³/mol. The van der Waals surface area contributed by atoms with Gasteiger partial charge in [-0.3, -0.25) is 4.79 Å². The molecule has 11 nitrogen and oxygen atoms in total. The maximum absolute atomic E-state index is 13.9. The van der Waals surface area contributed by atoms with Gasteiger partial charge in [0.15, 0.2) is 6.10 Å². The number of ether oxygens (including phenoxy) is 2. The zero-order valence-electron chi connectivity index (χ0n) is 24.3. The van der Waals surface area contributed by atoms with Crippen molar-refractivity contribution < 1.29 is 29.0 Å². The molecule has 2 aliphatic rings. The second kappa shape index (κ2) is 12.8.